The van der Waals surface area contributed by atoms with E-state index in [9.17, 15) is 9.59 Å². The average molecular weight is 378 g/mol. The molecule has 0 saturated heterocycles. The predicted octanol–water partition coefficient (Wildman–Crippen LogP) is 3.23. The van der Waals surface area contributed by atoms with Crippen LogP contribution < -0.4 is 15.5 Å². The fourth-order valence-electron chi connectivity index (χ4n) is 3.44. The quantitative estimate of drug-likeness (QED) is 0.616. The summed E-state index contributed by atoms with van der Waals surface area (Å²) in [6.45, 7) is 3.42. The molecule has 3 aromatic rings. The summed E-state index contributed by atoms with van der Waals surface area (Å²) in [6.07, 6.45) is 2.30. The lowest BCUT2D eigenvalue weighted by atomic mass is 10.0. The second-order valence-corrected chi connectivity index (χ2v) is 7.20. The first-order chi connectivity index (χ1) is 13.3. The Morgan fingerprint density at radius 3 is 2.57 bits per heavy atom. The summed E-state index contributed by atoms with van der Waals surface area (Å²) in [5.74, 6) is -0.475. The molecule has 1 heterocycles. The summed E-state index contributed by atoms with van der Waals surface area (Å²) < 4.78 is 0. The monoisotopic (exact) mass is 378 g/mol. The van der Waals surface area contributed by atoms with Crippen molar-refractivity contribution in [1.82, 2.24) is 10.3 Å². The van der Waals surface area contributed by atoms with E-state index in [1.54, 1.807) is 0 Å². The smallest absolute Gasteiger partial charge is 0.247 e. The summed E-state index contributed by atoms with van der Waals surface area (Å²) in [5.41, 5.74) is 4.87. The van der Waals surface area contributed by atoms with E-state index in [1.165, 1.54) is 6.92 Å². The highest BCUT2D eigenvalue weighted by molar-refractivity contribution is 5.98. The number of aromatic amines is 1. The Labute approximate surface area is 164 Å². The van der Waals surface area contributed by atoms with Gasteiger partial charge in [-0.2, -0.15) is 0 Å². The first kappa shape index (κ1) is 19.5. The third kappa shape index (κ3) is 4.34. The van der Waals surface area contributed by atoms with Crippen LogP contribution in [-0.4, -0.2) is 36.9 Å². The van der Waals surface area contributed by atoms with Crippen LogP contribution in [0.3, 0.4) is 0 Å². The molecule has 1 aromatic heterocycles. The number of aromatic nitrogens is 1. The molecular formula is C22H26N4O2. The van der Waals surface area contributed by atoms with Gasteiger partial charge in [-0.25, -0.2) is 0 Å². The third-order valence-electron chi connectivity index (χ3n) is 4.74. The first-order valence-electron chi connectivity index (χ1n) is 9.26. The zero-order chi connectivity index (χ0) is 20.3. The number of fused-ring (bicyclic) bond motifs is 1. The molecule has 1 atom stereocenters. The van der Waals surface area contributed by atoms with Gasteiger partial charge < -0.3 is 20.5 Å². The van der Waals surface area contributed by atoms with Gasteiger partial charge in [0.05, 0.1) is 0 Å². The number of aryl methyl sites for hydroxylation is 1. The summed E-state index contributed by atoms with van der Waals surface area (Å²) in [4.78, 5) is 29.8. The second kappa shape index (κ2) is 8.17. The number of carbonyl (C=O) groups is 2. The molecule has 6 nitrogen and oxygen atoms in total. The van der Waals surface area contributed by atoms with Gasteiger partial charge in [0, 0.05) is 55.9 Å². The molecule has 1 unspecified atom stereocenters. The number of amides is 2. The Hall–Kier alpha value is -3.28. The van der Waals surface area contributed by atoms with Crippen LogP contribution in [0.1, 0.15) is 18.1 Å². The maximum absolute atomic E-state index is 12.9. The van der Waals surface area contributed by atoms with E-state index in [4.69, 9.17) is 0 Å². The van der Waals surface area contributed by atoms with Crippen LogP contribution >= 0.6 is 0 Å². The van der Waals surface area contributed by atoms with Crippen LogP contribution in [0.5, 0.6) is 0 Å². The molecule has 0 radical (unpaired) electrons. The van der Waals surface area contributed by atoms with Crippen LogP contribution in [0.25, 0.3) is 10.9 Å². The number of nitrogens with one attached hydrogen (secondary N) is 3. The number of H-pyrrole nitrogens is 1. The minimum Gasteiger partial charge on any atom is -0.377 e. The number of hydrogen-bond donors (Lipinski definition) is 3. The molecule has 0 aliphatic rings. The lowest BCUT2D eigenvalue weighted by molar-refractivity contribution is -0.125. The largest absolute Gasteiger partial charge is 0.377 e. The second-order valence-electron chi connectivity index (χ2n) is 7.20. The molecule has 0 bridgehead atoms. The van der Waals surface area contributed by atoms with E-state index in [1.807, 2.05) is 74.6 Å². The summed E-state index contributed by atoms with van der Waals surface area (Å²) in [5, 5.41) is 6.76. The van der Waals surface area contributed by atoms with Crippen molar-refractivity contribution >= 4 is 34.1 Å². The molecule has 0 spiro atoms. The summed E-state index contributed by atoms with van der Waals surface area (Å²) in [7, 11) is 3.96. The van der Waals surface area contributed by atoms with Gasteiger partial charge in [0.1, 0.15) is 6.04 Å². The lowest BCUT2D eigenvalue weighted by Crippen LogP contribution is -2.44. The molecule has 2 amide bonds. The van der Waals surface area contributed by atoms with E-state index in [0.717, 1.165) is 27.7 Å². The zero-order valence-corrected chi connectivity index (χ0v) is 16.7. The highest BCUT2D eigenvalue weighted by Crippen LogP contribution is 2.23. The van der Waals surface area contributed by atoms with Gasteiger partial charge in [-0.3, -0.25) is 9.59 Å². The van der Waals surface area contributed by atoms with Gasteiger partial charge >= 0.3 is 0 Å². The standard InChI is InChI=1S/C22H26N4O2/c1-14-11-17(9-10-21(14)26(3)4)25-22(28)20(24-15(2)27)12-16-13-23-19-8-6-5-7-18(16)19/h5-11,13,20,23H,12H2,1-4H3,(H,24,27)(H,25,28). The molecule has 3 rings (SSSR count). The van der Waals surface area contributed by atoms with Gasteiger partial charge in [-0.1, -0.05) is 18.2 Å². The number of rotatable bonds is 6. The average Bonchev–Trinajstić information content (AvgIpc) is 3.03. The fraction of sp³-hybridized carbons (Fsp3) is 0.273. The number of benzene rings is 2. The first-order valence-corrected chi connectivity index (χ1v) is 9.26. The number of nitrogens with zero attached hydrogens (tertiary/aromatic N) is 1. The fourth-order valence-corrected chi connectivity index (χ4v) is 3.44. The van der Waals surface area contributed by atoms with Crippen LogP contribution in [0.15, 0.2) is 48.7 Å². The van der Waals surface area contributed by atoms with Gasteiger partial charge in [0.2, 0.25) is 11.8 Å². The molecule has 6 heteroatoms. The van der Waals surface area contributed by atoms with E-state index in [2.05, 4.69) is 15.6 Å². The summed E-state index contributed by atoms with van der Waals surface area (Å²) in [6, 6.07) is 13.0. The van der Waals surface area contributed by atoms with E-state index < -0.39 is 6.04 Å². The molecule has 28 heavy (non-hydrogen) atoms. The van der Waals surface area contributed by atoms with Crippen molar-refractivity contribution in [1.29, 1.82) is 0 Å². The topological polar surface area (TPSA) is 77.2 Å². The van der Waals surface area contributed by atoms with Crippen molar-refractivity contribution in [3.05, 3.63) is 59.8 Å². The maximum atomic E-state index is 12.9. The molecule has 0 saturated carbocycles. The Morgan fingerprint density at radius 2 is 1.89 bits per heavy atom. The van der Waals surface area contributed by atoms with Crippen molar-refractivity contribution in [2.75, 3.05) is 24.3 Å². The number of hydrogen-bond acceptors (Lipinski definition) is 3. The van der Waals surface area contributed by atoms with Crippen LogP contribution in [0, 0.1) is 6.92 Å². The van der Waals surface area contributed by atoms with Gasteiger partial charge in [0.25, 0.3) is 0 Å². The molecule has 146 valence electrons. The minimum absolute atomic E-state index is 0.237. The normalized spacial score (nSPS) is 11.9. The van der Waals surface area contributed by atoms with Gasteiger partial charge in [-0.15, -0.1) is 0 Å². The predicted molar refractivity (Wildman–Crippen MR) is 114 cm³/mol. The Morgan fingerprint density at radius 1 is 1.14 bits per heavy atom. The maximum Gasteiger partial charge on any atom is 0.247 e. The Balaban J connectivity index is 1.80. The van der Waals surface area contributed by atoms with Crippen molar-refractivity contribution in [2.45, 2.75) is 26.3 Å². The Kier molecular flexibility index (Phi) is 5.68. The molecule has 0 aliphatic heterocycles. The minimum atomic E-state index is -0.662. The van der Waals surface area contributed by atoms with Gasteiger partial charge in [0.15, 0.2) is 0 Å². The lowest BCUT2D eigenvalue weighted by Gasteiger charge is -2.19. The third-order valence-corrected chi connectivity index (χ3v) is 4.74. The van der Waals surface area contributed by atoms with Crippen LogP contribution in [0.2, 0.25) is 0 Å². The van der Waals surface area contributed by atoms with Crippen molar-refractivity contribution in [2.24, 2.45) is 0 Å². The van der Waals surface area contributed by atoms with Crippen molar-refractivity contribution in [3.63, 3.8) is 0 Å². The van der Waals surface area contributed by atoms with Crippen molar-refractivity contribution in [3.8, 4) is 0 Å². The molecule has 2 aromatic carbocycles. The Bertz CT molecular complexity index is 1010. The highest BCUT2D eigenvalue weighted by Gasteiger charge is 2.22. The molecule has 0 aliphatic carbocycles. The zero-order valence-electron chi connectivity index (χ0n) is 16.7. The van der Waals surface area contributed by atoms with E-state index >= 15 is 0 Å². The van der Waals surface area contributed by atoms with Crippen molar-refractivity contribution < 1.29 is 9.59 Å². The van der Waals surface area contributed by atoms with E-state index in [0.29, 0.717) is 12.1 Å². The summed E-state index contributed by atoms with van der Waals surface area (Å²) >= 11 is 0. The molecular weight excluding hydrogens is 352 g/mol. The molecule has 0 fully saturated rings. The molecule has 3 N–H and O–H groups in total. The highest BCUT2D eigenvalue weighted by atomic mass is 16.2. The number of carbonyl (C=O) groups excluding carboxylic acids is 2. The van der Waals surface area contributed by atoms with Crippen LogP contribution in [0.4, 0.5) is 11.4 Å². The van der Waals surface area contributed by atoms with Gasteiger partial charge in [-0.05, 0) is 42.3 Å². The SMILES string of the molecule is CC(=O)NC(Cc1c[nH]c2ccccc12)C(=O)Nc1ccc(N(C)C)c(C)c1. The van der Waals surface area contributed by atoms with Crippen LogP contribution in [-0.2, 0) is 16.0 Å². The van der Waals surface area contributed by atoms with E-state index in [-0.39, 0.29) is 11.8 Å². The number of anilines is 2. The number of para-hydroxylation sites is 1.